The Balaban J connectivity index is 1.77. The van der Waals surface area contributed by atoms with Gasteiger partial charge in [0.2, 0.25) is 0 Å². The summed E-state index contributed by atoms with van der Waals surface area (Å²) in [6, 6.07) is 9.50. The molecule has 1 amide bonds. The quantitative estimate of drug-likeness (QED) is 0.942. The summed E-state index contributed by atoms with van der Waals surface area (Å²) >= 11 is 6.01. The normalized spacial score (nSPS) is 14.2. The molecule has 108 valence electrons. The average Bonchev–Trinajstić information content (AvgIpc) is 3.02. The number of benzene rings is 1. The topological polar surface area (TPSA) is 45.2 Å². The maximum Gasteiger partial charge on any atom is 0.258 e. The van der Waals surface area contributed by atoms with Crippen LogP contribution in [0.25, 0.3) is 0 Å². The van der Waals surface area contributed by atoms with Gasteiger partial charge in [-0.05, 0) is 37.1 Å². The van der Waals surface area contributed by atoms with Crippen LogP contribution in [-0.2, 0) is 0 Å². The number of nitrogens with zero attached hydrogens (tertiary/aromatic N) is 2. The Morgan fingerprint density at radius 3 is 2.81 bits per heavy atom. The number of carbonyl (C=O) groups is 1. The molecule has 1 aliphatic heterocycles. The molecule has 1 aliphatic rings. The van der Waals surface area contributed by atoms with E-state index >= 15 is 0 Å². The van der Waals surface area contributed by atoms with E-state index in [-0.39, 0.29) is 5.91 Å². The number of amides is 1. The van der Waals surface area contributed by atoms with Gasteiger partial charge in [-0.1, -0.05) is 17.7 Å². The van der Waals surface area contributed by atoms with Crippen molar-refractivity contribution in [2.45, 2.75) is 12.8 Å². The highest BCUT2D eigenvalue weighted by Gasteiger charge is 2.14. The van der Waals surface area contributed by atoms with Crippen LogP contribution in [0.15, 0.2) is 42.7 Å². The fourth-order valence-electron chi connectivity index (χ4n) is 2.50. The van der Waals surface area contributed by atoms with Gasteiger partial charge in [-0.2, -0.15) is 0 Å². The Morgan fingerprint density at radius 2 is 2.05 bits per heavy atom. The number of carbonyl (C=O) groups excluding carboxylic acids is 1. The average molecular weight is 302 g/mol. The van der Waals surface area contributed by atoms with Crippen LogP contribution in [0.3, 0.4) is 0 Å². The Kier molecular flexibility index (Phi) is 4.06. The molecule has 0 atom stereocenters. The van der Waals surface area contributed by atoms with Crippen LogP contribution in [0.4, 0.5) is 11.4 Å². The molecule has 0 spiro atoms. The zero-order valence-electron chi connectivity index (χ0n) is 11.6. The highest BCUT2D eigenvalue weighted by atomic mass is 35.5. The number of nitrogens with one attached hydrogen (secondary N) is 1. The molecule has 0 aliphatic carbocycles. The number of aromatic nitrogens is 1. The second-order valence-corrected chi connectivity index (χ2v) is 5.46. The Labute approximate surface area is 128 Å². The Morgan fingerprint density at radius 1 is 1.24 bits per heavy atom. The van der Waals surface area contributed by atoms with E-state index in [0.29, 0.717) is 10.6 Å². The summed E-state index contributed by atoms with van der Waals surface area (Å²) in [7, 11) is 0. The van der Waals surface area contributed by atoms with E-state index < -0.39 is 0 Å². The molecule has 1 N–H and O–H groups in total. The third kappa shape index (κ3) is 3.16. The lowest BCUT2D eigenvalue weighted by atomic mass is 10.2. The van der Waals surface area contributed by atoms with Gasteiger partial charge in [0.25, 0.3) is 5.91 Å². The summed E-state index contributed by atoms with van der Waals surface area (Å²) in [5, 5.41) is 3.27. The first kappa shape index (κ1) is 13.9. The summed E-state index contributed by atoms with van der Waals surface area (Å²) in [5.41, 5.74) is 2.29. The summed E-state index contributed by atoms with van der Waals surface area (Å²) < 4.78 is 0. The number of anilines is 2. The van der Waals surface area contributed by atoms with Crippen molar-refractivity contribution in [2.24, 2.45) is 0 Å². The lowest BCUT2D eigenvalue weighted by Gasteiger charge is -2.18. The van der Waals surface area contributed by atoms with Gasteiger partial charge in [0.05, 0.1) is 10.6 Å². The van der Waals surface area contributed by atoms with Gasteiger partial charge >= 0.3 is 0 Å². The van der Waals surface area contributed by atoms with E-state index in [0.717, 1.165) is 24.5 Å². The van der Waals surface area contributed by atoms with Gasteiger partial charge < -0.3 is 10.2 Å². The monoisotopic (exact) mass is 301 g/mol. The summed E-state index contributed by atoms with van der Waals surface area (Å²) in [6.45, 7) is 2.15. The van der Waals surface area contributed by atoms with Crippen LogP contribution < -0.4 is 10.2 Å². The van der Waals surface area contributed by atoms with Gasteiger partial charge in [-0.25, -0.2) is 0 Å². The first-order valence-corrected chi connectivity index (χ1v) is 7.38. The SMILES string of the molecule is O=C(Nc1cccc(N2CCCC2)c1)c1cnccc1Cl. The van der Waals surface area contributed by atoms with E-state index in [1.807, 2.05) is 18.2 Å². The molecule has 0 unspecified atom stereocenters. The number of hydrogen-bond donors (Lipinski definition) is 1. The molecule has 0 radical (unpaired) electrons. The molecule has 1 saturated heterocycles. The fourth-order valence-corrected chi connectivity index (χ4v) is 2.69. The van der Waals surface area contributed by atoms with Crippen molar-refractivity contribution in [3.05, 3.63) is 53.3 Å². The van der Waals surface area contributed by atoms with Crippen LogP contribution in [0.2, 0.25) is 5.02 Å². The molecular weight excluding hydrogens is 286 g/mol. The minimum absolute atomic E-state index is 0.244. The zero-order valence-corrected chi connectivity index (χ0v) is 12.3. The first-order valence-electron chi connectivity index (χ1n) is 7.00. The van der Waals surface area contributed by atoms with E-state index in [4.69, 9.17) is 11.6 Å². The molecule has 4 nitrogen and oxygen atoms in total. The molecule has 1 aromatic carbocycles. The first-order chi connectivity index (χ1) is 10.2. The van der Waals surface area contributed by atoms with Crippen molar-refractivity contribution >= 4 is 28.9 Å². The van der Waals surface area contributed by atoms with E-state index in [1.165, 1.54) is 19.0 Å². The summed E-state index contributed by atoms with van der Waals surface area (Å²) in [4.78, 5) is 18.5. The second kappa shape index (κ2) is 6.14. The van der Waals surface area contributed by atoms with E-state index in [9.17, 15) is 4.79 Å². The molecule has 3 rings (SSSR count). The van der Waals surface area contributed by atoms with Gasteiger partial charge in [-0.3, -0.25) is 9.78 Å². The van der Waals surface area contributed by atoms with Crippen molar-refractivity contribution in [3.8, 4) is 0 Å². The highest BCUT2D eigenvalue weighted by molar-refractivity contribution is 6.34. The zero-order chi connectivity index (χ0) is 14.7. The lowest BCUT2D eigenvalue weighted by Crippen LogP contribution is -2.18. The Hall–Kier alpha value is -2.07. The predicted octanol–water partition coefficient (Wildman–Crippen LogP) is 3.59. The van der Waals surface area contributed by atoms with Gasteiger partial charge in [0.1, 0.15) is 0 Å². The predicted molar refractivity (Wildman–Crippen MR) is 85.1 cm³/mol. The van der Waals surface area contributed by atoms with Crippen molar-refractivity contribution in [1.82, 2.24) is 4.98 Å². The minimum Gasteiger partial charge on any atom is -0.371 e. The smallest absolute Gasteiger partial charge is 0.258 e. The molecule has 21 heavy (non-hydrogen) atoms. The minimum atomic E-state index is -0.244. The third-order valence-electron chi connectivity index (χ3n) is 3.59. The van der Waals surface area contributed by atoms with Gasteiger partial charge in [0, 0.05) is 36.9 Å². The standard InChI is InChI=1S/C16H16ClN3O/c17-15-6-7-18-11-14(15)16(21)19-12-4-3-5-13(10-12)20-8-1-2-9-20/h3-7,10-11H,1-2,8-9H2,(H,19,21). The molecule has 5 heteroatoms. The number of halogens is 1. The van der Waals surface area contributed by atoms with Crippen LogP contribution in [0.1, 0.15) is 23.2 Å². The van der Waals surface area contributed by atoms with E-state index in [2.05, 4.69) is 21.3 Å². The molecule has 0 saturated carbocycles. The van der Waals surface area contributed by atoms with Crippen LogP contribution in [-0.4, -0.2) is 24.0 Å². The van der Waals surface area contributed by atoms with Crippen molar-refractivity contribution in [3.63, 3.8) is 0 Å². The van der Waals surface area contributed by atoms with Crippen LogP contribution in [0.5, 0.6) is 0 Å². The molecule has 2 aromatic rings. The van der Waals surface area contributed by atoms with Gasteiger partial charge in [-0.15, -0.1) is 0 Å². The van der Waals surface area contributed by atoms with E-state index in [1.54, 1.807) is 12.3 Å². The maximum atomic E-state index is 12.2. The maximum absolute atomic E-state index is 12.2. The largest absolute Gasteiger partial charge is 0.371 e. The Bertz CT molecular complexity index is 653. The molecular formula is C16H16ClN3O. The molecule has 2 heterocycles. The lowest BCUT2D eigenvalue weighted by molar-refractivity contribution is 0.102. The van der Waals surface area contributed by atoms with Crippen molar-refractivity contribution in [1.29, 1.82) is 0 Å². The van der Waals surface area contributed by atoms with Crippen molar-refractivity contribution < 1.29 is 4.79 Å². The second-order valence-electron chi connectivity index (χ2n) is 5.05. The highest BCUT2D eigenvalue weighted by Crippen LogP contribution is 2.24. The summed E-state index contributed by atoms with van der Waals surface area (Å²) in [6.07, 6.45) is 5.48. The van der Waals surface area contributed by atoms with Crippen LogP contribution >= 0.6 is 11.6 Å². The summed E-state index contributed by atoms with van der Waals surface area (Å²) in [5.74, 6) is -0.244. The fraction of sp³-hybridized carbons (Fsp3) is 0.250. The molecule has 0 bridgehead atoms. The number of rotatable bonds is 3. The van der Waals surface area contributed by atoms with Gasteiger partial charge in [0.15, 0.2) is 0 Å². The number of pyridine rings is 1. The molecule has 1 aromatic heterocycles. The molecule has 1 fully saturated rings. The van der Waals surface area contributed by atoms with Crippen LogP contribution in [0, 0.1) is 0 Å². The third-order valence-corrected chi connectivity index (χ3v) is 3.92. The van der Waals surface area contributed by atoms with Crippen molar-refractivity contribution in [2.75, 3.05) is 23.3 Å². The number of hydrogen-bond acceptors (Lipinski definition) is 3.